The summed E-state index contributed by atoms with van der Waals surface area (Å²) in [5.74, 6) is 2.15. The summed E-state index contributed by atoms with van der Waals surface area (Å²) in [7, 11) is 5.18. The molecule has 0 atom stereocenters. The molecule has 18 rings (SSSR count). The van der Waals surface area contributed by atoms with Crippen molar-refractivity contribution < 1.29 is 75.7 Å². The molecule has 45 heteroatoms. The molecule has 0 saturated carbocycles. The Bertz CT molecular complexity index is 7610. The van der Waals surface area contributed by atoms with Crippen LogP contribution in [0.5, 0.6) is 0 Å². The maximum absolute atomic E-state index is 12.3. The second-order valence-electron chi connectivity index (χ2n) is 34.7. The van der Waals surface area contributed by atoms with E-state index in [0.29, 0.717) is 124 Å². The van der Waals surface area contributed by atoms with Crippen LogP contribution in [0.1, 0.15) is 88.3 Å². The molecule has 0 saturated heterocycles. The fourth-order valence-electron chi connectivity index (χ4n) is 14.8. The van der Waals surface area contributed by atoms with Crippen molar-refractivity contribution in [2.24, 2.45) is 0 Å². The molecule has 0 aliphatic heterocycles. The predicted octanol–water partition coefficient (Wildman–Crippen LogP) is 16.9. The standard InChI is InChI=1S/C21H27N5O2S.C19H23N5O3.C17H18N4O3S.C17H18N4O3.C16H16N4O3.C15H14N4O2S/c1-5-25(6-2)10-11-28-19(27)14-26-18(13-16(4)23-26)21-22-20(24-29-21)17-9-7-8-15(3)12-17;1-13-6-5-7-15(10-13)18-20-19(27-22-18)16-11-14(2)21-24(16)12-17(25)26-9-8-23(3)4;1-11-5-4-6-13(7-11)16-18-17(24-20-16)14-8-12(2)19-21(14)9-15(22)23-10-25-3;1-4-23-15(22)10-21-14(9-12(3)19-21)17-18-16(20-24-17)13-7-5-6-11(2)8-13;1-10-5-4-6-12(7-10)15-17-16(23-19-15)13-8-11(2)18-20(13)9-14(21)22-3;1-9-4-3-5-11(6-9)14-16-15(22-18-14)12-7-10(2)17-19(12)8-13(20)21/h7-9,12-13H,5-6,10-11,14H2,1-4H3;5-7,10-11H,8-9,12H2,1-4H3;4-8H,9-10H2,1-3H3;5-9H,4,10H2,1-3H3;4-8H,9H2,1-3H3;3-7H,8H2,1-2H3,(H,20,21). The van der Waals surface area contributed by atoms with E-state index in [4.69, 9.17) is 42.1 Å². The maximum atomic E-state index is 12.3. The molecule has 6 aromatic carbocycles. The number of esters is 5. The van der Waals surface area contributed by atoms with Gasteiger partial charge < -0.3 is 56.7 Å². The average molecular weight is 2090 g/mol. The molecule has 18 aromatic rings. The summed E-state index contributed by atoms with van der Waals surface area (Å²) in [6.07, 6.45) is 1.86. The molecule has 0 bridgehead atoms. The molecule has 0 unspecified atom stereocenters. The first-order valence-corrected chi connectivity index (χ1v) is 50.6. The van der Waals surface area contributed by atoms with Gasteiger partial charge in [0.1, 0.15) is 81.2 Å². The van der Waals surface area contributed by atoms with E-state index in [-0.39, 0.29) is 63.1 Å². The number of carbonyl (C=O) groups is 6. The van der Waals surface area contributed by atoms with Gasteiger partial charge in [-0.05, 0) is 219 Å². The van der Waals surface area contributed by atoms with Crippen molar-refractivity contribution in [3.8, 4) is 136 Å². The molecule has 0 amide bonds. The van der Waals surface area contributed by atoms with Gasteiger partial charge in [0.15, 0.2) is 21.7 Å². The fraction of sp³-hybridized carbons (Fsp3) is 0.314. The van der Waals surface area contributed by atoms with Gasteiger partial charge in [-0.3, -0.25) is 38.1 Å². The van der Waals surface area contributed by atoms with Crippen molar-refractivity contribution in [3.05, 3.63) is 250 Å². The zero-order chi connectivity index (χ0) is 107. The lowest BCUT2D eigenvalue weighted by molar-refractivity contribution is -0.145. The highest BCUT2D eigenvalue weighted by atomic mass is 32.2. The number of aryl methyl sites for hydroxylation is 12. The van der Waals surface area contributed by atoms with Crippen LogP contribution in [0.15, 0.2) is 200 Å². The molecular weight excluding hydrogens is 1980 g/mol. The highest BCUT2D eigenvalue weighted by Crippen LogP contribution is 2.34. The molecule has 780 valence electrons. The predicted molar refractivity (Wildman–Crippen MR) is 563 cm³/mol. The second kappa shape index (κ2) is 53.1. The number of nitrogens with zero attached hydrogens (tertiary/aromatic N) is 26. The summed E-state index contributed by atoms with van der Waals surface area (Å²) in [6, 6.07) is 58.4. The van der Waals surface area contributed by atoms with Crippen LogP contribution in [0.25, 0.3) is 136 Å². The lowest BCUT2D eigenvalue weighted by Gasteiger charge is -2.17. The smallest absolute Gasteiger partial charge is 0.328 e. The largest absolute Gasteiger partial charge is 0.480 e. The number of aliphatic carboxylic acids is 1. The number of thioether (sulfide) groups is 1. The van der Waals surface area contributed by atoms with Crippen LogP contribution >= 0.6 is 34.8 Å². The van der Waals surface area contributed by atoms with Gasteiger partial charge in [0.25, 0.3) is 23.6 Å². The van der Waals surface area contributed by atoms with Crippen LogP contribution in [0.2, 0.25) is 0 Å². The Morgan fingerprint density at radius 2 is 0.607 bits per heavy atom. The van der Waals surface area contributed by atoms with Gasteiger partial charge in [-0.25, -0.2) is 28.7 Å². The van der Waals surface area contributed by atoms with Gasteiger partial charge in [0.2, 0.25) is 23.3 Å². The number of likely N-dealkylation sites (N-methyl/N-ethyl adjacent to an activating group) is 2. The van der Waals surface area contributed by atoms with Crippen molar-refractivity contribution in [1.82, 2.24) is 128 Å². The molecule has 0 radical (unpaired) electrons. The average Bonchev–Trinajstić information content (AvgIpc) is 1.68. The zero-order valence-electron chi connectivity index (χ0n) is 86.6. The molecule has 42 nitrogen and oxygen atoms in total. The van der Waals surface area contributed by atoms with Crippen LogP contribution in [-0.4, -0.2) is 248 Å². The third-order valence-corrected chi connectivity index (χ3v) is 23.7. The monoisotopic (exact) mass is 2090 g/mol. The van der Waals surface area contributed by atoms with E-state index in [1.165, 1.54) is 65.3 Å². The number of carbonyl (C=O) groups excluding carboxylic acids is 5. The van der Waals surface area contributed by atoms with E-state index >= 15 is 0 Å². The Morgan fingerprint density at radius 1 is 0.340 bits per heavy atom. The molecule has 1 N–H and O–H groups in total. The summed E-state index contributed by atoms with van der Waals surface area (Å²) in [5.41, 5.74) is 20.5. The second-order valence-corrected chi connectivity index (χ2v) is 37.0. The molecule has 150 heavy (non-hydrogen) atoms. The van der Waals surface area contributed by atoms with Crippen LogP contribution in [0.3, 0.4) is 0 Å². The van der Waals surface area contributed by atoms with E-state index in [1.54, 1.807) is 35.9 Å². The number of hydrogen-bond acceptors (Lipinski definition) is 38. The van der Waals surface area contributed by atoms with Gasteiger partial charge in [-0.2, -0.15) is 59.3 Å². The minimum Gasteiger partial charge on any atom is -0.480 e. The number of methoxy groups -OCH3 is 1. The zero-order valence-corrected chi connectivity index (χ0v) is 89.1. The summed E-state index contributed by atoms with van der Waals surface area (Å²) in [4.78, 5) is 101. The van der Waals surface area contributed by atoms with Gasteiger partial charge in [-0.1, -0.05) is 177 Å². The van der Waals surface area contributed by atoms with Crippen molar-refractivity contribution in [2.45, 2.75) is 143 Å². The van der Waals surface area contributed by atoms with Crippen LogP contribution < -0.4 is 0 Å². The van der Waals surface area contributed by atoms with Gasteiger partial charge >= 0.3 is 35.8 Å². The summed E-state index contributed by atoms with van der Waals surface area (Å²) >= 11 is 3.98. The van der Waals surface area contributed by atoms with E-state index < -0.39 is 11.9 Å². The van der Waals surface area contributed by atoms with Gasteiger partial charge in [0, 0.05) is 46.5 Å². The number of ether oxygens (including phenoxy) is 5. The van der Waals surface area contributed by atoms with E-state index in [0.717, 1.165) is 131 Å². The van der Waals surface area contributed by atoms with Gasteiger partial charge in [-0.15, -0.1) is 11.8 Å². The normalized spacial score (nSPS) is 10.9. The Balaban J connectivity index is 0.000000150. The summed E-state index contributed by atoms with van der Waals surface area (Å²) in [6.45, 7) is 33.2. The first-order chi connectivity index (χ1) is 72.1. The molecule has 12 heterocycles. The lowest BCUT2D eigenvalue weighted by atomic mass is 10.1. The topological polar surface area (TPSA) is 489 Å². The van der Waals surface area contributed by atoms with E-state index in [2.05, 4.69) is 119 Å². The minimum atomic E-state index is -0.937. The molecule has 0 aliphatic rings. The SMILES string of the molecule is CCN(CC)CCOC(=O)Cn1nc(C)cc1-c1nc(-c2cccc(C)c2)ns1.CCOC(=O)Cn1nc(C)cc1-c1nc(-c2cccc(C)c2)no1.COC(=O)Cn1nc(C)cc1-c1nc(-c2cccc(C)c2)no1.CSCOC(=O)Cn1nc(C)cc1-c1nc(-c2cccc(C)c2)no1.Cc1cccc(-c2noc(-c3cc(C)nn3CC(=O)OCCN(C)C)n2)c1.Cc1cccc(-c2nsc(-c3cc(C)nn3CC(=O)O)n2)c1. The molecule has 0 spiro atoms. The van der Waals surface area contributed by atoms with Crippen LogP contribution in [-0.2, 0) is 91.7 Å². The Hall–Kier alpha value is -16.7. The van der Waals surface area contributed by atoms with E-state index in [1.807, 2.05) is 260 Å². The number of carboxylic acids is 1. The number of aromatic nitrogens is 24. The quantitative estimate of drug-likeness (QED) is 0.0219. The molecule has 0 fully saturated rings. The molecular formula is C105H116N26O16S3. The Kier molecular flexibility index (Phi) is 39.1. The summed E-state index contributed by atoms with van der Waals surface area (Å²) < 4.78 is 64.9. The van der Waals surface area contributed by atoms with Crippen molar-refractivity contribution in [3.63, 3.8) is 0 Å². The lowest BCUT2D eigenvalue weighted by Crippen LogP contribution is -2.28. The number of carboxylic acid groups (broad SMARTS) is 1. The van der Waals surface area contributed by atoms with Crippen LogP contribution in [0.4, 0.5) is 0 Å². The number of rotatable bonds is 35. The number of hydrogen-bond donors (Lipinski definition) is 1. The first kappa shape index (κ1) is 111. The first-order valence-electron chi connectivity index (χ1n) is 47.6. The van der Waals surface area contributed by atoms with Crippen molar-refractivity contribution >= 4 is 70.6 Å². The van der Waals surface area contributed by atoms with Gasteiger partial charge in [0.05, 0.1) is 59.3 Å². The van der Waals surface area contributed by atoms with Crippen LogP contribution in [0, 0.1) is 83.1 Å². The highest BCUT2D eigenvalue weighted by Gasteiger charge is 2.27. The molecule has 12 aromatic heterocycles. The third-order valence-electron chi connectivity index (χ3n) is 21.9. The fourth-order valence-corrected chi connectivity index (χ4v) is 16.5. The van der Waals surface area contributed by atoms with Crippen molar-refractivity contribution in [1.29, 1.82) is 0 Å². The third kappa shape index (κ3) is 31.5. The number of benzene rings is 6. The Labute approximate surface area is 876 Å². The van der Waals surface area contributed by atoms with E-state index in [9.17, 15) is 28.8 Å². The molecule has 0 aliphatic carbocycles. The van der Waals surface area contributed by atoms with Crippen molar-refractivity contribution in [2.75, 3.05) is 79.4 Å². The highest BCUT2D eigenvalue weighted by molar-refractivity contribution is 7.98. The maximum Gasteiger partial charge on any atom is 0.328 e. The minimum absolute atomic E-state index is 0.000822. The Morgan fingerprint density at radius 3 is 0.880 bits per heavy atom. The summed E-state index contributed by atoms with van der Waals surface area (Å²) in [5, 5.41) is 52.3.